The number of hydrogen-bond acceptors (Lipinski definition) is 4. The molecule has 0 aromatic rings. The number of nitrogens with zero attached hydrogens (tertiary/aromatic N) is 3. The zero-order valence-electron chi connectivity index (χ0n) is 14.4. The average Bonchev–Trinajstić information content (AvgIpc) is 2.52. The van der Waals surface area contributed by atoms with Gasteiger partial charge in [0.1, 0.15) is 0 Å². The van der Waals surface area contributed by atoms with Gasteiger partial charge in [0.2, 0.25) is 5.91 Å². The molecule has 0 radical (unpaired) electrons. The first kappa shape index (κ1) is 18.4. The van der Waals surface area contributed by atoms with Gasteiger partial charge >= 0.3 is 0 Å². The highest BCUT2D eigenvalue weighted by Crippen LogP contribution is 2.18. The quantitative estimate of drug-likeness (QED) is 0.830. The van der Waals surface area contributed by atoms with Crippen molar-refractivity contribution in [3.8, 4) is 0 Å². The molecule has 0 aromatic carbocycles. The zero-order chi connectivity index (χ0) is 15.7. The van der Waals surface area contributed by atoms with Gasteiger partial charge in [-0.05, 0) is 31.8 Å². The van der Waals surface area contributed by atoms with Gasteiger partial charge in [-0.1, -0.05) is 13.8 Å². The van der Waals surface area contributed by atoms with Crippen LogP contribution < -0.4 is 5.32 Å². The highest BCUT2D eigenvalue weighted by Gasteiger charge is 2.23. The maximum atomic E-state index is 11.7. The Kier molecular flexibility index (Phi) is 8.88. The van der Waals surface area contributed by atoms with Crippen molar-refractivity contribution in [3.05, 3.63) is 0 Å². The van der Waals surface area contributed by atoms with E-state index in [0.717, 1.165) is 32.1 Å². The molecule has 0 atom stereocenters. The normalized spacial score (nSPS) is 21.5. The first-order chi connectivity index (χ1) is 10.1. The third-order valence-electron chi connectivity index (χ3n) is 4.29. The van der Waals surface area contributed by atoms with E-state index in [0.29, 0.717) is 6.54 Å². The fourth-order valence-electron chi connectivity index (χ4n) is 2.92. The van der Waals surface area contributed by atoms with E-state index in [4.69, 9.17) is 0 Å². The molecule has 124 valence electrons. The van der Waals surface area contributed by atoms with Crippen molar-refractivity contribution in [2.45, 2.75) is 26.7 Å². The number of carbonyl (C=O) groups is 1. The summed E-state index contributed by atoms with van der Waals surface area (Å²) in [6.45, 7) is 12.7. The van der Waals surface area contributed by atoms with Crippen LogP contribution in [-0.4, -0.2) is 87.1 Å². The topological polar surface area (TPSA) is 38.8 Å². The second-order valence-corrected chi connectivity index (χ2v) is 6.06. The molecule has 2 aliphatic rings. The van der Waals surface area contributed by atoms with Gasteiger partial charge in [0.25, 0.3) is 0 Å². The number of likely N-dealkylation sites (N-methyl/N-ethyl adjacent to an activating group) is 1. The molecule has 0 unspecified atom stereocenters. The van der Waals surface area contributed by atoms with Crippen molar-refractivity contribution < 1.29 is 4.79 Å². The van der Waals surface area contributed by atoms with Crippen LogP contribution in [0.2, 0.25) is 0 Å². The number of carbonyl (C=O) groups excluding carboxylic acids is 1. The number of rotatable bonds is 4. The maximum absolute atomic E-state index is 11.7. The first-order valence-corrected chi connectivity index (χ1v) is 8.50. The highest BCUT2D eigenvalue weighted by molar-refractivity contribution is 5.77. The Labute approximate surface area is 130 Å². The lowest BCUT2D eigenvalue weighted by Crippen LogP contribution is -2.47. The van der Waals surface area contributed by atoms with Crippen LogP contribution >= 0.6 is 0 Å². The maximum Gasteiger partial charge on any atom is 0.236 e. The lowest BCUT2D eigenvalue weighted by molar-refractivity contribution is -0.130. The highest BCUT2D eigenvalue weighted by atomic mass is 16.2. The largest absolute Gasteiger partial charge is 0.348 e. The second-order valence-electron chi connectivity index (χ2n) is 6.06. The predicted octanol–water partition coefficient (Wildman–Crippen LogP) is 0.718. The Morgan fingerprint density at radius 1 is 1.05 bits per heavy atom. The van der Waals surface area contributed by atoms with Crippen LogP contribution in [-0.2, 0) is 4.79 Å². The van der Waals surface area contributed by atoms with Gasteiger partial charge in [0.05, 0.1) is 6.54 Å². The van der Waals surface area contributed by atoms with Gasteiger partial charge < -0.3 is 15.1 Å². The predicted molar refractivity (Wildman–Crippen MR) is 88.5 cm³/mol. The minimum Gasteiger partial charge on any atom is -0.348 e. The third-order valence-corrected chi connectivity index (χ3v) is 4.29. The number of hydrogen-bond donors (Lipinski definition) is 1. The Morgan fingerprint density at radius 2 is 1.62 bits per heavy atom. The SMILES string of the molecule is CC.CN(C)C(=O)CN1CCC(CN2CCNCC2)CC1. The molecule has 2 aliphatic heterocycles. The Bertz CT molecular complexity index is 282. The summed E-state index contributed by atoms with van der Waals surface area (Å²) in [5.74, 6) is 1.05. The molecule has 2 fully saturated rings. The van der Waals surface area contributed by atoms with Crippen LogP contribution in [0.3, 0.4) is 0 Å². The van der Waals surface area contributed by atoms with Crippen molar-refractivity contribution in [2.75, 3.05) is 66.5 Å². The number of piperazine rings is 1. The Balaban J connectivity index is 0.00000106. The molecule has 0 bridgehead atoms. The minimum absolute atomic E-state index is 0.223. The summed E-state index contributed by atoms with van der Waals surface area (Å²) in [5, 5.41) is 3.40. The van der Waals surface area contributed by atoms with Crippen LogP contribution in [0.25, 0.3) is 0 Å². The fraction of sp³-hybridized carbons (Fsp3) is 0.938. The molecule has 0 aromatic heterocycles. The van der Waals surface area contributed by atoms with Crippen LogP contribution in [0.4, 0.5) is 0 Å². The fourth-order valence-corrected chi connectivity index (χ4v) is 2.92. The Hall–Kier alpha value is -0.650. The van der Waals surface area contributed by atoms with Crippen LogP contribution in [0, 0.1) is 5.92 Å². The van der Waals surface area contributed by atoms with E-state index in [1.165, 1.54) is 32.5 Å². The van der Waals surface area contributed by atoms with Crippen molar-refractivity contribution in [1.82, 2.24) is 20.0 Å². The molecule has 0 saturated carbocycles. The molecule has 0 aliphatic carbocycles. The van der Waals surface area contributed by atoms with Crippen molar-refractivity contribution in [3.63, 3.8) is 0 Å². The molecule has 5 heteroatoms. The summed E-state index contributed by atoms with van der Waals surface area (Å²) in [6, 6.07) is 0. The van der Waals surface area contributed by atoms with E-state index in [1.54, 1.807) is 4.90 Å². The number of likely N-dealkylation sites (tertiary alicyclic amines) is 1. The summed E-state index contributed by atoms with van der Waals surface area (Å²) < 4.78 is 0. The van der Waals surface area contributed by atoms with Gasteiger partial charge in [-0.15, -0.1) is 0 Å². The standard InChI is InChI=1S/C14H28N4O.C2H6/c1-16(2)14(19)12-17-7-3-13(4-8-17)11-18-9-5-15-6-10-18;1-2/h13,15H,3-12H2,1-2H3;1-2H3. The zero-order valence-corrected chi connectivity index (χ0v) is 14.4. The molecular weight excluding hydrogens is 264 g/mol. The Morgan fingerprint density at radius 3 is 2.14 bits per heavy atom. The molecule has 1 N–H and O–H groups in total. The number of piperidine rings is 1. The van der Waals surface area contributed by atoms with E-state index < -0.39 is 0 Å². The van der Waals surface area contributed by atoms with E-state index in [1.807, 2.05) is 27.9 Å². The lowest BCUT2D eigenvalue weighted by atomic mass is 9.96. The summed E-state index contributed by atoms with van der Waals surface area (Å²) in [7, 11) is 3.67. The van der Waals surface area contributed by atoms with Gasteiger partial charge in [0.15, 0.2) is 0 Å². The smallest absolute Gasteiger partial charge is 0.236 e. The molecule has 1 amide bonds. The summed E-state index contributed by atoms with van der Waals surface area (Å²) in [6.07, 6.45) is 2.48. The molecule has 2 saturated heterocycles. The van der Waals surface area contributed by atoms with E-state index >= 15 is 0 Å². The van der Waals surface area contributed by atoms with E-state index in [2.05, 4.69) is 15.1 Å². The summed E-state index contributed by atoms with van der Waals surface area (Å²) in [5.41, 5.74) is 0. The molecule has 0 spiro atoms. The van der Waals surface area contributed by atoms with Gasteiger partial charge in [-0.2, -0.15) is 0 Å². The summed E-state index contributed by atoms with van der Waals surface area (Å²) >= 11 is 0. The average molecular weight is 298 g/mol. The van der Waals surface area contributed by atoms with Crippen LogP contribution in [0.1, 0.15) is 26.7 Å². The van der Waals surface area contributed by atoms with E-state index in [9.17, 15) is 4.79 Å². The van der Waals surface area contributed by atoms with Crippen LogP contribution in [0.5, 0.6) is 0 Å². The van der Waals surface area contributed by atoms with Gasteiger partial charge in [-0.3, -0.25) is 9.69 Å². The number of amides is 1. The van der Waals surface area contributed by atoms with Crippen molar-refractivity contribution >= 4 is 5.91 Å². The third kappa shape index (κ3) is 6.76. The van der Waals surface area contributed by atoms with Crippen molar-refractivity contribution in [2.24, 2.45) is 5.92 Å². The minimum atomic E-state index is 0.223. The molecular formula is C16H34N4O. The van der Waals surface area contributed by atoms with Gasteiger partial charge in [0, 0.05) is 46.8 Å². The lowest BCUT2D eigenvalue weighted by Gasteiger charge is -2.36. The van der Waals surface area contributed by atoms with Gasteiger partial charge in [-0.25, -0.2) is 0 Å². The number of nitrogens with one attached hydrogen (secondary N) is 1. The molecule has 21 heavy (non-hydrogen) atoms. The monoisotopic (exact) mass is 298 g/mol. The van der Waals surface area contributed by atoms with E-state index in [-0.39, 0.29) is 5.91 Å². The molecule has 5 nitrogen and oxygen atoms in total. The van der Waals surface area contributed by atoms with Crippen molar-refractivity contribution in [1.29, 1.82) is 0 Å². The summed E-state index contributed by atoms with van der Waals surface area (Å²) in [4.78, 5) is 18.3. The molecule has 2 rings (SSSR count). The van der Waals surface area contributed by atoms with Crippen LogP contribution in [0.15, 0.2) is 0 Å². The first-order valence-electron chi connectivity index (χ1n) is 8.50. The molecule has 2 heterocycles. The second kappa shape index (κ2) is 10.1.